The molecule has 1 heterocycles. The number of aromatic hydroxyl groups is 1. The Bertz CT molecular complexity index is 549. The van der Waals surface area contributed by atoms with Crippen molar-refractivity contribution in [2.75, 3.05) is 0 Å². The average molecular weight is 290 g/mol. The first-order chi connectivity index (χ1) is 9.72. The Morgan fingerprint density at radius 1 is 1.24 bits per heavy atom. The van der Waals surface area contributed by atoms with Crippen LogP contribution >= 0.6 is 0 Å². The van der Waals surface area contributed by atoms with E-state index in [1.54, 1.807) is 43.0 Å². The van der Waals surface area contributed by atoms with Gasteiger partial charge in [-0.3, -0.25) is 9.59 Å². The summed E-state index contributed by atoms with van der Waals surface area (Å²) in [4.78, 5) is 26.6. The predicted molar refractivity (Wildman–Crippen MR) is 79.5 cm³/mol. The molecule has 0 aliphatic carbocycles. The summed E-state index contributed by atoms with van der Waals surface area (Å²) in [6, 6.07) is 6.22. The van der Waals surface area contributed by atoms with Gasteiger partial charge >= 0.3 is 0 Å². The van der Waals surface area contributed by atoms with Gasteiger partial charge in [0.25, 0.3) is 0 Å². The van der Waals surface area contributed by atoms with Crippen LogP contribution in [0.1, 0.15) is 33.3 Å². The van der Waals surface area contributed by atoms with Crippen molar-refractivity contribution >= 4 is 11.8 Å². The number of piperazine rings is 1. The van der Waals surface area contributed by atoms with Crippen LogP contribution in [0.25, 0.3) is 0 Å². The van der Waals surface area contributed by atoms with Crippen LogP contribution in [0.5, 0.6) is 5.75 Å². The summed E-state index contributed by atoms with van der Waals surface area (Å²) in [7, 11) is 0. The normalized spacial score (nSPS) is 21.6. The molecule has 5 heteroatoms. The minimum atomic E-state index is -0.889. The highest BCUT2D eigenvalue weighted by atomic mass is 16.3. The van der Waals surface area contributed by atoms with E-state index in [1.165, 1.54) is 0 Å². The molecule has 2 amide bonds. The molecule has 1 atom stereocenters. The lowest BCUT2D eigenvalue weighted by Crippen LogP contribution is -2.68. The van der Waals surface area contributed by atoms with Crippen LogP contribution in [0.3, 0.4) is 0 Å². The fourth-order valence-corrected chi connectivity index (χ4v) is 2.69. The highest BCUT2D eigenvalue weighted by Gasteiger charge is 2.46. The number of hydrogen-bond donors (Lipinski definition) is 2. The Kier molecular flexibility index (Phi) is 3.94. The number of rotatable bonds is 3. The summed E-state index contributed by atoms with van der Waals surface area (Å²) in [5.74, 6) is 0.00613. The van der Waals surface area contributed by atoms with Gasteiger partial charge in [0.1, 0.15) is 17.3 Å². The van der Waals surface area contributed by atoms with E-state index in [2.05, 4.69) is 5.32 Å². The number of nitrogens with zero attached hydrogens (tertiary/aromatic N) is 1. The molecule has 1 fully saturated rings. The summed E-state index contributed by atoms with van der Waals surface area (Å²) in [5, 5.41) is 12.1. The van der Waals surface area contributed by atoms with Crippen molar-refractivity contribution in [3.8, 4) is 5.75 Å². The summed E-state index contributed by atoms with van der Waals surface area (Å²) >= 11 is 0. The zero-order valence-corrected chi connectivity index (χ0v) is 12.9. The molecular weight excluding hydrogens is 268 g/mol. The lowest BCUT2D eigenvalue weighted by Gasteiger charge is -2.44. The molecule has 21 heavy (non-hydrogen) atoms. The van der Waals surface area contributed by atoms with Gasteiger partial charge in [0.2, 0.25) is 11.8 Å². The fourth-order valence-electron chi connectivity index (χ4n) is 2.69. The van der Waals surface area contributed by atoms with Crippen molar-refractivity contribution in [2.45, 2.75) is 45.8 Å². The number of benzene rings is 1. The van der Waals surface area contributed by atoms with Gasteiger partial charge in [-0.25, -0.2) is 0 Å². The van der Waals surface area contributed by atoms with Crippen LogP contribution in [0.2, 0.25) is 0 Å². The molecule has 1 unspecified atom stereocenters. The molecule has 0 saturated carbocycles. The van der Waals surface area contributed by atoms with Crippen LogP contribution < -0.4 is 5.32 Å². The lowest BCUT2D eigenvalue weighted by atomic mass is 9.91. The van der Waals surface area contributed by atoms with Gasteiger partial charge in [0.15, 0.2) is 0 Å². The molecular formula is C16H22N2O3. The monoisotopic (exact) mass is 290 g/mol. The minimum absolute atomic E-state index is 0.0298. The van der Waals surface area contributed by atoms with Gasteiger partial charge in [-0.1, -0.05) is 26.0 Å². The Morgan fingerprint density at radius 2 is 1.81 bits per heavy atom. The maximum atomic E-state index is 12.6. The maximum Gasteiger partial charge on any atom is 0.248 e. The summed E-state index contributed by atoms with van der Waals surface area (Å²) in [5.41, 5.74) is -0.00310. The van der Waals surface area contributed by atoms with Crippen LogP contribution in [-0.2, 0) is 16.1 Å². The quantitative estimate of drug-likeness (QED) is 0.889. The molecule has 0 aromatic heterocycles. The van der Waals surface area contributed by atoms with Crippen molar-refractivity contribution in [1.82, 2.24) is 10.2 Å². The van der Waals surface area contributed by atoms with Gasteiger partial charge in [0, 0.05) is 6.54 Å². The van der Waals surface area contributed by atoms with Gasteiger partial charge < -0.3 is 15.3 Å². The molecule has 1 aromatic rings. The van der Waals surface area contributed by atoms with Crippen molar-refractivity contribution in [3.63, 3.8) is 0 Å². The van der Waals surface area contributed by atoms with Crippen LogP contribution in [-0.4, -0.2) is 33.4 Å². The zero-order valence-electron chi connectivity index (χ0n) is 12.9. The van der Waals surface area contributed by atoms with E-state index in [0.29, 0.717) is 6.54 Å². The topological polar surface area (TPSA) is 69.6 Å². The van der Waals surface area contributed by atoms with Crippen LogP contribution in [0.4, 0.5) is 0 Å². The summed E-state index contributed by atoms with van der Waals surface area (Å²) in [6.45, 7) is 7.65. The van der Waals surface area contributed by atoms with E-state index in [9.17, 15) is 14.7 Å². The Balaban J connectivity index is 2.32. The number of hydrogen-bond acceptors (Lipinski definition) is 3. The zero-order chi connectivity index (χ0) is 15.8. The number of phenolic OH excluding ortho intramolecular Hbond substituents is 1. The van der Waals surface area contributed by atoms with E-state index >= 15 is 0 Å². The molecule has 114 valence electrons. The molecule has 1 aliphatic rings. The number of carbonyl (C=O) groups excluding carboxylic acids is 2. The van der Waals surface area contributed by atoms with Crippen molar-refractivity contribution in [2.24, 2.45) is 5.92 Å². The number of phenols is 1. The number of nitrogens with one attached hydrogen (secondary N) is 1. The first-order valence-corrected chi connectivity index (χ1v) is 7.13. The molecule has 5 nitrogen and oxygen atoms in total. The van der Waals surface area contributed by atoms with E-state index in [0.717, 1.165) is 5.56 Å². The van der Waals surface area contributed by atoms with Crippen LogP contribution in [0, 0.1) is 5.92 Å². The molecule has 0 spiro atoms. The Morgan fingerprint density at radius 3 is 2.33 bits per heavy atom. The standard InChI is InChI=1S/C16H22N2O3/c1-10(2)13-14(20)17-16(3,4)15(21)18(13)9-11-5-7-12(19)8-6-11/h5-8,10,13,19H,9H2,1-4H3,(H,17,20). The second-order valence-corrected chi connectivity index (χ2v) is 6.40. The second kappa shape index (κ2) is 5.39. The third kappa shape index (κ3) is 3.01. The Hall–Kier alpha value is -2.04. The smallest absolute Gasteiger partial charge is 0.248 e. The van der Waals surface area contributed by atoms with Crippen molar-refractivity contribution in [1.29, 1.82) is 0 Å². The molecule has 1 aromatic carbocycles. The van der Waals surface area contributed by atoms with Gasteiger partial charge in [-0.05, 0) is 37.5 Å². The Labute approximate surface area is 125 Å². The SMILES string of the molecule is CC(C)C1C(=O)NC(C)(C)C(=O)N1Cc1ccc(O)cc1. The van der Waals surface area contributed by atoms with Crippen LogP contribution in [0.15, 0.2) is 24.3 Å². The minimum Gasteiger partial charge on any atom is -0.508 e. The first-order valence-electron chi connectivity index (χ1n) is 7.13. The molecule has 2 N–H and O–H groups in total. The fraction of sp³-hybridized carbons (Fsp3) is 0.500. The first kappa shape index (κ1) is 15.4. The summed E-state index contributed by atoms with van der Waals surface area (Å²) in [6.07, 6.45) is 0. The lowest BCUT2D eigenvalue weighted by molar-refractivity contribution is -0.156. The van der Waals surface area contributed by atoms with Crippen molar-refractivity contribution in [3.05, 3.63) is 29.8 Å². The maximum absolute atomic E-state index is 12.6. The van der Waals surface area contributed by atoms with E-state index in [-0.39, 0.29) is 23.5 Å². The highest BCUT2D eigenvalue weighted by molar-refractivity contribution is 5.99. The molecule has 0 bridgehead atoms. The molecule has 1 aliphatic heterocycles. The predicted octanol–water partition coefficient (Wildman–Crippen LogP) is 1.65. The molecule has 1 saturated heterocycles. The van der Waals surface area contributed by atoms with Crippen molar-refractivity contribution < 1.29 is 14.7 Å². The second-order valence-electron chi connectivity index (χ2n) is 6.40. The average Bonchev–Trinajstić information content (AvgIpc) is 2.37. The largest absolute Gasteiger partial charge is 0.508 e. The van der Waals surface area contributed by atoms with Gasteiger partial charge in [-0.2, -0.15) is 0 Å². The number of amides is 2. The third-order valence-electron chi connectivity index (χ3n) is 3.76. The third-order valence-corrected chi connectivity index (χ3v) is 3.76. The van der Waals surface area contributed by atoms with E-state index < -0.39 is 11.6 Å². The van der Waals surface area contributed by atoms with Gasteiger partial charge in [0.05, 0.1) is 0 Å². The highest BCUT2D eigenvalue weighted by Crippen LogP contribution is 2.25. The molecule has 2 rings (SSSR count). The molecule has 0 radical (unpaired) electrons. The van der Waals surface area contributed by atoms with Gasteiger partial charge in [-0.15, -0.1) is 0 Å². The van der Waals surface area contributed by atoms with E-state index in [4.69, 9.17) is 0 Å². The number of carbonyl (C=O) groups is 2. The van der Waals surface area contributed by atoms with E-state index in [1.807, 2.05) is 13.8 Å². The summed E-state index contributed by atoms with van der Waals surface area (Å²) < 4.78 is 0.